The predicted octanol–water partition coefficient (Wildman–Crippen LogP) is 3.78. The van der Waals surface area contributed by atoms with Gasteiger partial charge in [0.25, 0.3) is 5.65 Å². The number of hydrogen-bond acceptors (Lipinski definition) is 1. The van der Waals surface area contributed by atoms with Gasteiger partial charge in [-0.05, 0) is 29.7 Å². The third-order valence-corrected chi connectivity index (χ3v) is 5.14. The first-order chi connectivity index (χ1) is 11.2. The molecule has 0 saturated carbocycles. The topological polar surface area (TPSA) is 25.4 Å². The maximum absolute atomic E-state index is 13.2. The summed E-state index contributed by atoms with van der Waals surface area (Å²) in [6.45, 7) is 0. The quantitative estimate of drug-likeness (QED) is 0.384. The summed E-state index contributed by atoms with van der Waals surface area (Å²) in [5.41, 5.74) is 2.94. The molecule has 3 aromatic carbocycles. The Labute approximate surface area is 139 Å². The van der Waals surface area contributed by atoms with Crippen LogP contribution in [-0.4, -0.2) is 4.40 Å². The molecule has 2 aromatic heterocycles. The first-order valence-corrected chi connectivity index (χ1v) is 8.23. The van der Waals surface area contributed by atoms with Gasteiger partial charge in [0.2, 0.25) is 0 Å². The number of benzene rings is 3. The van der Waals surface area contributed by atoms with Crippen molar-refractivity contribution in [3.8, 4) is 0 Å². The molecule has 0 aliphatic rings. The molecule has 0 aliphatic heterocycles. The molecule has 3 nitrogen and oxygen atoms in total. The molecule has 0 spiro atoms. The maximum Gasteiger partial charge on any atom is 0.347 e. The van der Waals surface area contributed by atoms with Crippen LogP contribution in [0.5, 0.6) is 0 Å². The van der Waals surface area contributed by atoms with Gasteiger partial charge in [-0.1, -0.05) is 40.2 Å². The van der Waals surface area contributed by atoms with Crippen LogP contribution in [0.1, 0.15) is 0 Å². The molecule has 5 rings (SSSR count). The summed E-state index contributed by atoms with van der Waals surface area (Å²) < 4.78 is 4.90. The Balaban J connectivity index is 2.27. The van der Waals surface area contributed by atoms with Crippen LogP contribution in [0, 0.1) is 0 Å². The Morgan fingerprint density at radius 3 is 2.52 bits per heavy atom. The van der Waals surface area contributed by atoms with Gasteiger partial charge in [0.15, 0.2) is 11.0 Å². The van der Waals surface area contributed by atoms with Gasteiger partial charge in [-0.3, -0.25) is 0 Å². The lowest BCUT2D eigenvalue weighted by atomic mass is 10.0. The number of imidazole rings is 1. The second kappa shape index (κ2) is 4.30. The van der Waals surface area contributed by atoms with Gasteiger partial charge in [0.05, 0.1) is 17.8 Å². The molecule has 0 bridgehead atoms. The van der Waals surface area contributed by atoms with Gasteiger partial charge >= 0.3 is 5.56 Å². The minimum atomic E-state index is 0.0352. The monoisotopic (exact) mass is 363 g/mol. The molecule has 2 heterocycles. The molecule has 0 fully saturated rings. The average Bonchev–Trinajstić information content (AvgIpc) is 2.85. The highest BCUT2D eigenvalue weighted by molar-refractivity contribution is 9.10. The molecule has 5 aromatic rings. The largest absolute Gasteiger partial charge is 0.347 e. The molecule has 23 heavy (non-hydrogen) atoms. The van der Waals surface area contributed by atoms with Gasteiger partial charge in [0, 0.05) is 15.9 Å². The van der Waals surface area contributed by atoms with Crippen LogP contribution in [0.25, 0.3) is 38.2 Å². The summed E-state index contributed by atoms with van der Waals surface area (Å²) in [4.78, 5) is 13.2. The first kappa shape index (κ1) is 13.0. The van der Waals surface area contributed by atoms with Crippen LogP contribution in [0.2, 0.25) is 0 Å². The van der Waals surface area contributed by atoms with E-state index in [4.69, 9.17) is 0 Å². The lowest BCUT2D eigenvalue weighted by Gasteiger charge is -2.03. The summed E-state index contributed by atoms with van der Waals surface area (Å²) in [7, 11) is 2.02. The number of aromatic nitrogens is 2. The summed E-state index contributed by atoms with van der Waals surface area (Å²) in [6.07, 6.45) is 0. The van der Waals surface area contributed by atoms with Crippen LogP contribution < -0.4 is 10.1 Å². The Morgan fingerprint density at radius 1 is 1.00 bits per heavy atom. The lowest BCUT2D eigenvalue weighted by Crippen LogP contribution is -2.29. The molecule has 0 saturated heterocycles. The molecule has 0 unspecified atom stereocenters. The van der Waals surface area contributed by atoms with Crippen molar-refractivity contribution in [2.24, 2.45) is 7.05 Å². The highest BCUT2D eigenvalue weighted by atomic mass is 79.9. The summed E-state index contributed by atoms with van der Waals surface area (Å²) >= 11 is 3.52. The van der Waals surface area contributed by atoms with Gasteiger partial charge < -0.3 is 0 Å². The molecule has 4 heteroatoms. The normalized spacial score (nSPS) is 12.1. The van der Waals surface area contributed by atoms with E-state index in [0.29, 0.717) is 0 Å². The summed E-state index contributed by atoms with van der Waals surface area (Å²) in [5, 5.41) is 4.02. The standard InChI is InChI=1S/C19H12BrN2O/c1-21-15-9-8-12(20)10-16(15)22-18(21)13-6-2-4-11-5-3-7-14(17(11)13)19(22)23/h2-10H,1H3/q+1. The van der Waals surface area contributed by atoms with Crippen LogP contribution in [-0.2, 0) is 7.05 Å². The van der Waals surface area contributed by atoms with E-state index >= 15 is 0 Å². The Bertz CT molecular complexity index is 1300. The number of hydrogen-bond donors (Lipinski definition) is 0. The van der Waals surface area contributed by atoms with Crippen molar-refractivity contribution < 1.29 is 4.57 Å². The number of rotatable bonds is 0. The average molecular weight is 364 g/mol. The summed E-state index contributed by atoms with van der Waals surface area (Å²) in [5.74, 6) is 0. The Kier molecular flexibility index (Phi) is 2.43. The number of fused-ring (bicyclic) bond motifs is 4. The van der Waals surface area contributed by atoms with Gasteiger partial charge in [-0.2, -0.15) is 4.40 Å². The van der Waals surface area contributed by atoms with Gasteiger partial charge in [-0.25, -0.2) is 9.36 Å². The second-order valence-corrected chi connectivity index (χ2v) is 6.78. The van der Waals surface area contributed by atoms with Crippen molar-refractivity contribution in [2.45, 2.75) is 0 Å². The third kappa shape index (κ3) is 1.54. The molecule has 0 amide bonds. The van der Waals surface area contributed by atoms with E-state index in [2.05, 4.69) is 44.8 Å². The maximum atomic E-state index is 13.2. The zero-order valence-corrected chi connectivity index (χ0v) is 14.0. The lowest BCUT2D eigenvalue weighted by molar-refractivity contribution is -0.617. The van der Waals surface area contributed by atoms with Crippen LogP contribution in [0.15, 0.2) is 63.9 Å². The minimum absolute atomic E-state index is 0.0352. The van der Waals surface area contributed by atoms with E-state index in [1.54, 1.807) is 0 Å². The third-order valence-electron chi connectivity index (χ3n) is 4.65. The highest BCUT2D eigenvalue weighted by Gasteiger charge is 2.24. The fraction of sp³-hybridized carbons (Fsp3) is 0.0526. The molecule has 0 atom stereocenters. The van der Waals surface area contributed by atoms with Crippen molar-refractivity contribution in [3.63, 3.8) is 0 Å². The van der Waals surface area contributed by atoms with Crippen LogP contribution >= 0.6 is 15.9 Å². The van der Waals surface area contributed by atoms with E-state index in [1.165, 1.54) is 0 Å². The fourth-order valence-electron chi connectivity index (χ4n) is 3.67. The zero-order chi connectivity index (χ0) is 15.7. The van der Waals surface area contributed by atoms with Crippen molar-refractivity contribution in [3.05, 3.63) is 69.4 Å². The molecule has 0 N–H and O–H groups in total. The summed E-state index contributed by atoms with van der Waals surface area (Å²) in [6, 6.07) is 18.2. The van der Waals surface area contributed by atoms with E-state index < -0.39 is 0 Å². The van der Waals surface area contributed by atoms with Crippen molar-refractivity contribution in [1.82, 2.24) is 4.40 Å². The van der Waals surface area contributed by atoms with Crippen LogP contribution in [0.4, 0.5) is 0 Å². The highest BCUT2D eigenvalue weighted by Crippen LogP contribution is 2.29. The number of pyridine rings is 1. The van der Waals surface area contributed by atoms with E-state index in [9.17, 15) is 4.79 Å². The minimum Gasteiger partial charge on any atom is -0.240 e. The van der Waals surface area contributed by atoms with Gasteiger partial charge in [-0.15, -0.1) is 0 Å². The Morgan fingerprint density at radius 2 is 1.74 bits per heavy atom. The number of halogens is 1. The van der Waals surface area contributed by atoms with E-state index in [-0.39, 0.29) is 5.56 Å². The van der Waals surface area contributed by atoms with Crippen molar-refractivity contribution in [1.29, 1.82) is 0 Å². The van der Waals surface area contributed by atoms with Gasteiger partial charge in [0.1, 0.15) is 0 Å². The Hall–Kier alpha value is -2.46. The molecular weight excluding hydrogens is 352 g/mol. The zero-order valence-electron chi connectivity index (χ0n) is 12.4. The van der Waals surface area contributed by atoms with Crippen molar-refractivity contribution >= 4 is 54.2 Å². The number of nitrogens with zero attached hydrogens (tertiary/aromatic N) is 2. The molecular formula is C19H12BrN2O+. The molecule has 110 valence electrons. The fourth-order valence-corrected chi connectivity index (χ4v) is 4.02. The smallest absolute Gasteiger partial charge is 0.240 e. The van der Waals surface area contributed by atoms with Crippen LogP contribution in [0.3, 0.4) is 0 Å². The predicted molar refractivity (Wildman–Crippen MR) is 96.2 cm³/mol. The molecule has 0 aliphatic carbocycles. The number of aryl methyl sites for hydroxylation is 1. The SMILES string of the molecule is C[n+]1c2ccc(Br)cc2n2c(=O)c3cccc4cccc(c43)c21. The molecule has 0 radical (unpaired) electrons. The van der Waals surface area contributed by atoms with Crippen molar-refractivity contribution in [2.75, 3.05) is 0 Å². The second-order valence-electron chi connectivity index (χ2n) is 5.87. The first-order valence-electron chi connectivity index (χ1n) is 7.43. The van der Waals surface area contributed by atoms with E-state index in [0.717, 1.165) is 42.7 Å². The van der Waals surface area contributed by atoms with E-state index in [1.807, 2.05) is 41.8 Å².